The molecule has 6 heteroatoms. The highest BCUT2D eigenvalue weighted by atomic mass is 16.5. The molecular weight excluding hydrogens is 270 g/mol. The van der Waals surface area contributed by atoms with Crippen molar-refractivity contribution in [3.05, 3.63) is 30.0 Å². The lowest BCUT2D eigenvalue weighted by Crippen LogP contribution is -2.36. The highest BCUT2D eigenvalue weighted by molar-refractivity contribution is 5.87. The highest BCUT2D eigenvalue weighted by Crippen LogP contribution is 2.25. The molecule has 1 aromatic carbocycles. The van der Waals surface area contributed by atoms with Crippen LogP contribution in [0.5, 0.6) is 0 Å². The van der Waals surface area contributed by atoms with Gasteiger partial charge in [0, 0.05) is 42.3 Å². The monoisotopic (exact) mass is 289 g/mol. The van der Waals surface area contributed by atoms with E-state index in [2.05, 4.69) is 22.0 Å². The summed E-state index contributed by atoms with van der Waals surface area (Å²) < 4.78 is 5.36. The number of hydrogen-bond donors (Lipinski definition) is 3. The summed E-state index contributed by atoms with van der Waals surface area (Å²) in [7, 11) is 0. The molecule has 0 saturated carbocycles. The van der Waals surface area contributed by atoms with E-state index in [4.69, 9.17) is 15.6 Å². The van der Waals surface area contributed by atoms with E-state index in [-0.39, 0.29) is 0 Å². The van der Waals surface area contributed by atoms with Gasteiger partial charge in [-0.25, -0.2) is 0 Å². The van der Waals surface area contributed by atoms with E-state index in [1.54, 1.807) is 0 Å². The van der Waals surface area contributed by atoms with Crippen LogP contribution in [-0.4, -0.2) is 48.4 Å². The molecule has 1 fully saturated rings. The summed E-state index contributed by atoms with van der Waals surface area (Å²) in [6, 6.07) is 5.32. The number of ether oxygens (including phenoxy) is 1. The van der Waals surface area contributed by atoms with E-state index in [0.29, 0.717) is 6.42 Å². The van der Waals surface area contributed by atoms with Gasteiger partial charge in [-0.15, -0.1) is 0 Å². The molecular formula is C15H19N3O3. The lowest BCUT2D eigenvalue weighted by molar-refractivity contribution is -0.138. The predicted octanol–water partition coefficient (Wildman–Crippen LogP) is 0.959. The first kappa shape index (κ1) is 13.9. The fraction of sp³-hybridized carbons (Fsp3) is 0.400. The average molecular weight is 289 g/mol. The molecule has 1 saturated heterocycles. The molecule has 0 amide bonds. The van der Waals surface area contributed by atoms with Gasteiger partial charge in [0.05, 0.1) is 13.2 Å². The van der Waals surface area contributed by atoms with Crippen molar-refractivity contribution in [2.75, 3.05) is 31.2 Å². The molecule has 1 aliphatic rings. The first-order valence-corrected chi connectivity index (χ1v) is 7.06. The van der Waals surface area contributed by atoms with Crippen LogP contribution in [0.2, 0.25) is 0 Å². The highest BCUT2D eigenvalue weighted by Gasteiger charge is 2.16. The number of morpholine rings is 1. The number of aliphatic carboxylic acids is 1. The van der Waals surface area contributed by atoms with Gasteiger partial charge in [-0.2, -0.15) is 0 Å². The van der Waals surface area contributed by atoms with Crippen molar-refractivity contribution in [2.45, 2.75) is 12.5 Å². The maximum Gasteiger partial charge on any atom is 0.320 e. The van der Waals surface area contributed by atoms with Crippen LogP contribution in [0.3, 0.4) is 0 Å². The molecule has 0 spiro atoms. The molecule has 0 bridgehead atoms. The Kier molecular flexibility index (Phi) is 3.81. The van der Waals surface area contributed by atoms with Gasteiger partial charge in [-0.3, -0.25) is 4.79 Å². The molecule has 1 aromatic heterocycles. The Bertz CT molecular complexity index is 647. The van der Waals surface area contributed by atoms with Crippen molar-refractivity contribution in [1.29, 1.82) is 0 Å². The molecule has 3 rings (SSSR count). The number of H-pyrrole nitrogens is 1. The molecule has 112 valence electrons. The van der Waals surface area contributed by atoms with Gasteiger partial charge in [0.25, 0.3) is 0 Å². The minimum absolute atomic E-state index is 0.326. The number of rotatable bonds is 4. The number of carboxylic acids is 1. The first-order chi connectivity index (χ1) is 10.1. The fourth-order valence-corrected chi connectivity index (χ4v) is 2.69. The number of benzene rings is 1. The number of carbonyl (C=O) groups is 1. The Morgan fingerprint density at radius 3 is 2.90 bits per heavy atom. The molecule has 4 N–H and O–H groups in total. The van der Waals surface area contributed by atoms with Crippen LogP contribution in [-0.2, 0) is 16.0 Å². The van der Waals surface area contributed by atoms with Gasteiger partial charge in [-0.05, 0) is 17.7 Å². The van der Waals surface area contributed by atoms with E-state index in [1.165, 1.54) is 0 Å². The molecule has 0 aliphatic carbocycles. The zero-order chi connectivity index (χ0) is 14.8. The third-order valence-electron chi connectivity index (χ3n) is 3.88. The van der Waals surface area contributed by atoms with Crippen molar-refractivity contribution < 1.29 is 14.6 Å². The van der Waals surface area contributed by atoms with E-state index >= 15 is 0 Å². The summed E-state index contributed by atoms with van der Waals surface area (Å²) >= 11 is 0. The second-order valence-electron chi connectivity index (χ2n) is 5.29. The number of nitrogens with zero attached hydrogens (tertiary/aromatic N) is 1. The van der Waals surface area contributed by atoms with Crippen LogP contribution in [0.15, 0.2) is 24.4 Å². The van der Waals surface area contributed by atoms with Gasteiger partial charge in [-0.1, -0.05) is 6.07 Å². The van der Waals surface area contributed by atoms with Crippen molar-refractivity contribution in [3.63, 3.8) is 0 Å². The average Bonchev–Trinajstić information content (AvgIpc) is 2.90. The second-order valence-corrected chi connectivity index (χ2v) is 5.29. The lowest BCUT2D eigenvalue weighted by Gasteiger charge is -2.28. The number of aromatic amines is 1. The Morgan fingerprint density at radius 1 is 1.43 bits per heavy atom. The number of nitrogens with one attached hydrogen (secondary N) is 1. The van der Waals surface area contributed by atoms with Crippen LogP contribution >= 0.6 is 0 Å². The number of fused-ring (bicyclic) bond motifs is 1. The molecule has 2 heterocycles. The van der Waals surface area contributed by atoms with Crippen LogP contribution in [0.25, 0.3) is 10.9 Å². The molecule has 2 aromatic rings. The Morgan fingerprint density at radius 2 is 2.19 bits per heavy atom. The standard InChI is InChI=1S/C15H19N3O3/c16-13(15(19)20)7-10-9-17-14-8-11(1-2-12(10)14)18-3-5-21-6-4-18/h1-2,8-9,13,17H,3-7,16H2,(H,19,20). The third-order valence-corrected chi connectivity index (χ3v) is 3.88. The summed E-state index contributed by atoms with van der Waals surface area (Å²) in [6.07, 6.45) is 2.17. The van der Waals surface area contributed by atoms with Gasteiger partial charge in [0.2, 0.25) is 0 Å². The van der Waals surface area contributed by atoms with Gasteiger partial charge in [0.1, 0.15) is 6.04 Å². The maximum absolute atomic E-state index is 10.9. The summed E-state index contributed by atoms with van der Waals surface area (Å²) in [5, 5.41) is 9.94. The summed E-state index contributed by atoms with van der Waals surface area (Å²) in [5.41, 5.74) is 8.71. The molecule has 1 unspecified atom stereocenters. The van der Waals surface area contributed by atoms with E-state index in [0.717, 1.165) is 48.5 Å². The number of aromatic nitrogens is 1. The predicted molar refractivity (Wildman–Crippen MR) is 80.6 cm³/mol. The zero-order valence-electron chi connectivity index (χ0n) is 11.7. The van der Waals surface area contributed by atoms with Crippen molar-refractivity contribution in [1.82, 2.24) is 4.98 Å². The molecule has 1 atom stereocenters. The lowest BCUT2D eigenvalue weighted by atomic mass is 10.1. The van der Waals surface area contributed by atoms with E-state index in [1.807, 2.05) is 12.3 Å². The minimum atomic E-state index is -0.978. The Balaban J connectivity index is 1.85. The fourth-order valence-electron chi connectivity index (χ4n) is 2.69. The molecule has 0 radical (unpaired) electrons. The summed E-state index contributed by atoms with van der Waals surface area (Å²) in [6.45, 7) is 3.29. The van der Waals surface area contributed by atoms with Crippen molar-refractivity contribution in [2.24, 2.45) is 5.73 Å². The molecule has 1 aliphatic heterocycles. The largest absolute Gasteiger partial charge is 0.480 e. The number of hydrogen-bond acceptors (Lipinski definition) is 4. The summed E-state index contributed by atoms with van der Waals surface area (Å²) in [4.78, 5) is 16.4. The van der Waals surface area contributed by atoms with Crippen LogP contribution in [0.4, 0.5) is 5.69 Å². The third kappa shape index (κ3) is 2.86. The Labute approximate surface area is 122 Å². The number of carboxylic acid groups (broad SMARTS) is 1. The number of nitrogens with two attached hydrogens (primary N) is 1. The van der Waals surface area contributed by atoms with E-state index in [9.17, 15) is 4.79 Å². The van der Waals surface area contributed by atoms with Crippen LogP contribution in [0.1, 0.15) is 5.56 Å². The van der Waals surface area contributed by atoms with Crippen LogP contribution < -0.4 is 10.6 Å². The number of anilines is 1. The normalized spacial score (nSPS) is 17.1. The smallest absolute Gasteiger partial charge is 0.320 e. The topological polar surface area (TPSA) is 91.6 Å². The van der Waals surface area contributed by atoms with Gasteiger partial charge >= 0.3 is 5.97 Å². The summed E-state index contributed by atoms with van der Waals surface area (Å²) in [5.74, 6) is -0.978. The first-order valence-electron chi connectivity index (χ1n) is 7.06. The van der Waals surface area contributed by atoms with E-state index < -0.39 is 12.0 Å². The second kappa shape index (κ2) is 5.75. The maximum atomic E-state index is 10.9. The molecule has 6 nitrogen and oxygen atoms in total. The SMILES string of the molecule is NC(Cc1c[nH]c2cc(N3CCOCC3)ccc12)C(=O)O. The minimum Gasteiger partial charge on any atom is -0.480 e. The van der Waals surface area contributed by atoms with Crippen LogP contribution in [0, 0.1) is 0 Å². The quantitative estimate of drug-likeness (QED) is 0.779. The zero-order valence-corrected chi connectivity index (χ0v) is 11.7. The van der Waals surface area contributed by atoms with Crippen molar-refractivity contribution in [3.8, 4) is 0 Å². The van der Waals surface area contributed by atoms with Gasteiger partial charge in [0.15, 0.2) is 0 Å². The molecule has 21 heavy (non-hydrogen) atoms. The Hall–Kier alpha value is -2.05. The van der Waals surface area contributed by atoms with Gasteiger partial charge < -0.3 is 25.5 Å². The van der Waals surface area contributed by atoms with Crippen molar-refractivity contribution >= 4 is 22.6 Å².